The topological polar surface area (TPSA) is 163 Å². The smallest absolute Gasteiger partial charge is 0.404 e. The first-order valence-electron chi connectivity index (χ1n) is 14.1. The third-order valence-corrected chi connectivity index (χ3v) is 8.77. The maximum atomic E-state index is 13.9. The van der Waals surface area contributed by atoms with Crippen molar-refractivity contribution in [2.24, 2.45) is 0 Å². The molecule has 1 fully saturated rings. The molecular weight excluding hydrogens is 624 g/mol. The van der Waals surface area contributed by atoms with Crippen LogP contribution in [0.4, 0.5) is 16.2 Å². The van der Waals surface area contributed by atoms with Crippen LogP contribution in [0, 0.1) is 0 Å². The molecule has 1 aliphatic heterocycles. The quantitative estimate of drug-likeness (QED) is 0.214. The number of carbonyl (C=O) groups is 3. The van der Waals surface area contributed by atoms with Crippen molar-refractivity contribution in [2.45, 2.75) is 49.5 Å². The molecule has 12 nitrogen and oxygen atoms in total. The van der Waals surface area contributed by atoms with E-state index < -0.39 is 52.4 Å². The normalized spacial score (nSPS) is 16.4. The van der Waals surface area contributed by atoms with E-state index in [0.29, 0.717) is 0 Å². The van der Waals surface area contributed by atoms with E-state index in [1.807, 2.05) is 30.3 Å². The highest BCUT2D eigenvalue weighted by atomic mass is 35.5. The second-order valence-corrected chi connectivity index (χ2v) is 13.2. The van der Waals surface area contributed by atoms with Crippen molar-refractivity contribution >= 4 is 50.9 Å². The Kier molecular flexibility index (Phi) is 11.0. The number of nitrogens with one attached hydrogen (secondary N) is 3. The molecule has 0 saturated carbocycles. The number of nitrogens with zero attached hydrogens (tertiary/aromatic N) is 1. The number of hydrogen-bond acceptors (Lipinski definition) is 7. The van der Waals surface area contributed by atoms with E-state index in [4.69, 9.17) is 21.1 Å². The van der Waals surface area contributed by atoms with Gasteiger partial charge in [-0.25, -0.2) is 13.2 Å². The lowest BCUT2D eigenvalue weighted by Crippen LogP contribution is -2.43. The molecule has 0 radical (unpaired) electrons. The number of benzene rings is 3. The molecule has 4 rings (SSSR count). The van der Waals surface area contributed by atoms with Crippen molar-refractivity contribution in [2.75, 3.05) is 29.3 Å². The number of amides is 3. The van der Waals surface area contributed by atoms with Gasteiger partial charge in [0.25, 0.3) is 10.0 Å². The summed E-state index contributed by atoms with van der Waals surface area (Å²) in [6.45, 7) is 3.36. The molecule has 3 aromatic rings. The van der Waals surface area contributed by atoms with E-state index in [1.165, 1.54) is 36.4 Å². The van der Waals surface area contributed by atoms with Crippen molar-refractivity contribution < 1.29 is 37.4 Å². The Morgan fingerprint density at radius 2 is 1.76 bits per heavy atom. The minimum absolute atomic E-state index is 0.120. The van der Waals surface area contributed by atoms with Crippen molar-refractivity contribution in [3.63, 3.8) is 0 Å². The molecule has 45 heavy (non-hydrogen) atoms. The maximum Gasteiger partial charge on any atom is 0.404 e. The van der Waals surface area contributed by atoms with Gasteiger partial charge in [-0.1, -0.05) is 54.1 Å². The van der Waals surface area contributed by atoms with Crippen LogP contribution < -0.4 is 20.3 Å². The van der Waals surface area contributed by atoms with Crippen LogP contribution in [0.5, 0.6) is 0 Å². The second kappa shape index (κ2) is 14.7. The summed E-state index contributed by atoms with van der Waals surface area (Å²) >= 11 is 6.16. The molecule has 0 bridgehead atoms. The minimum Gasteiger partial charge on any atom is -0.465 e. The molecule has 2 atom stereocenters. The Bertz CT molecular complexity index is 1620. The molecule has 0 aromatic heterocycles. The first-order chi connectivity index (χ1) is 21.3. The largest absolute Gasteiger partial charge is 0.465 e. The van der Waals surface area contributed by atoms with E-state index >= 15 is 0 Å². The molecule has 1 saturated heterocycles. The fourth-order valence-corrected chi connectivity index (χ4v) is 6.41. The lowest BCUT2D eigenvalue weighted by molar-refractivity contribution is -0.139. The molecule has 1 heterocycles. The zero-order chi connectivity index (χ0) is 32.6. The van der Waals surface area contributed by atoms with Gasteiger partial charge in [-0.15, -0.1) is 0 Å². The highest BCUT2D eigenvalue weighted by Crippen LogP contribution is 2.28. The number of hydrogen-bond donors (Lipinski definition) is 4. The summed E-state index contributed by atoms with van der Waals surface area (Å²) < 4.78 is 40.0. The summed E-state index contributed by atoms with van der Waals surface area (Å²) in [5.41, 5.74) is 1.18. The first kappa shape index (κ1) is 33.7. The first-order valence-corrected chi connectivity index (χ1v) is 15.9. The Balaban J connectivity index is 1.49. The van der Waals surface area contributed by atoms with E-state index in [-0.39, 0.29) is 47.3 Å². The summed E-state index contributed by atoms with van der Waals surface area (Å²) in [6, 6.07) is 20.1. The van der Waals surface area contributed by atoms with Gasteiger partial charge in [-0.05, 0) is 62.2 Å². The number of carboxylic acid groups (broad SMARTS) is 1. The lowest BCUT2D eigenvalue weighted by Gasteiger charge is -2.25. The third-order valence-electron chi connectivity index (χ3n) is 6.77. The molecule has 0 spiro atoms. The van der Waals surface area contributed by atoms with Crippen LogP contribution in [0.3, 0.4) is 0 Å². The van der Waals surface area contributed by atoms with E-state index in [1.54, 1.807) is 26.0 Å². The van der Waals surface area contributed by atoms with Gasteiger partial charge in [-0.3, -0.25) is 13.9 Å². The molecule has 3 amide bonds. The van der Waals surface area contributed by atoms with E-state index in [0.717, 1.165) is 9.87 Å². The molecule has 0 aliphatic carbocycles. The van der Waals surface area contributed by atoms with Crippen molar-refractivity contribution in [1.29, 1.82) is 0 Å². The molecule has 3 aromatic carbocycles. The Morgan fingerprint density at radius 1 is 1.02 bits per heavy atom. The molecule has 1 aliphatic rings. The number of halogens is 1. The van der Waals surface area contributed by atoms with Crippen molar-refractivity contribution in [1.82, 2.24) is 10.6 Å². The summed E-state index contributed by atoms with van der Waals surface area (Å²) in [4.78, 5) is 37.1. The number of anilines is 2. The molecule has 4 N–H and O–H groups in total. The summed E-state index contributed by atoms with van der Waals surface area (Å²) in [5.74, 6) is -1.88. The van der Waals surface area contributed by atoms with Gasteiger partial charge in [0.15, 0.2) is 5.79 Å². The van der Waals surface area contributed by atoms with Crippen LogP contribution in [0.25, 0.3) is 0 Å². The predicted molar refractivity (Wildman–Crippen MR) is 169 cm³/mol. The van der Waals surface area contributed by atoms with E-state index in [9.17, 15) is 27.9 Å². The van der Waals surface area contributed by atoms with Crippen LogP contribution in [0.1, 0.15) is 25.8 Å². The molecule has 14 heteroatoms. The Hall–Kier alpha value is -4.17. The average molecular weight is 659 g/mol. The highest BCUT2D eigenvalue weighted by molar-refractivity contribution is 7.92. The standard InChI is InChI=1S/C31H35ClN4O8S/c1-31(2)43-20-26(44-31)18-33-29(38)19-36(25-12-6-10-22(32)15-25)45(41,42)27-13-7-11-23(16-27)34-28(37)17-24(35-30(39)40)14-21-8-4-3-5-9-21/h3-13,15-16,24,26,35H,14,17-20H2,1-2H3,(H,33,38)(H,34,37)(H,39,40). The van der Waals surface area contributed by atoms with Crippen molar-refractivity contribution in [3.8, 4) is 0 Å². The van der Waals surface area contributed by atoms with Gasteiger partial charge in [0.2, 0.25) is 11.8 Å². The van der Waals surface area contributed by atoms with Gasteiger partial charge in [0, 0.05) is 29.7 Å². The third kappa shape index (κ3) is 9.91. The zero-order valence-electron chi connectivity index (χ0n) is 24.7. The fourth-order valence-electron chi connectivity index (χ4n) is 4.77. The van der Waals surface area contributed by atoms with Gasteiger partial charge < -0.3 is 30.5 Å². The number of carbonyl (C=O) groups excluding carboxylic acids is 2. The zero-order valence-corrected chi connectivity index (χ0v) is 26.3. The molecule has 2 unspecified atom stereocenters. The summed E-state index contributed by atoms with van der Waals surface area (Å²) in [5, 5.41) is 17.2. The summed E-state index contributed by atoms with van der Waals surface area (Å²) in [6.07, 6.45) is -1.57. The van der Waals surface area contributed by atoms with Gasteiger partial charge in [0.05, 0.1) is 17.2 Å². The Labute approximate surface area is 266 Å². The van der Waals surface area contributed by atoms with Gasteiger partial charge in [0.1, 0.15) is 12.6 Å². The predicted octanol–water partition coefficient (Wildman–Crippen LogP) is 4.01. The molecular formula is C31H35ClN4O8S. The second-order valence-electron chi connectivity index (χ2n) is 10.9. The van der Waals surface area contributed by atoms with Crippen LogP contribution in [-0.2, 0) is 35.5 Å². The average Bonchev–Trinajstić information content (AvgIpc) is 3.33. The number of rotatable bonds is 13. The van der Waals surface area contributed by atoms with Crippen LogP contribution in [-0.4, -0.2) is 69.1 Å². The lowest BCUT2D eigenvalue weighted by atomic mass is 10.0. The van der Waals surface area contributed by atoms with Gasteiger partial charge >= 0.3 is 6.09 Å². The highest BCUT2D eigenvalue weighted by Gasteiger charge is 2.33. The Morgan fingerprint density at radius 3 is 2.42 bits per heavy atom. The van der Waals surface area contributed by atoms with Crippen LogP contribution >= 0.6 is 11.6 Å². The SMILES string of the molecule is CC1(C)OCC(CNC(=O)CN(c2cccc(Cl)c2)S(=O)(=O)c2cccc(NC(=O)CC(Cc3ccccc3)NC(=O)O)c2)O1. The maximum absolute atomic E-state index is 13.9. The van der Waals surface area contributed by atoms with Gasteiger partial charge in [-0.2, -0.15) is 0 Å². The van der Waals surface area contributed by atoms with E-state index in [2.05, 4.69) is 16.0 Å². The van der Waals surface area contributed by atoms with Crippen molar-refractivity contribution in [3.05, 3.63) is 89.4 Å². The van der Waals surface area contributed by atoms with Crippen LogP contribution in [0.2, 0.25) is 5.02 Å². The monoisotopic (exact) mass is 658 g/mol. The fraction of sp³-hybridized carbons (Fsp3) is 0.323. The summed E-state index contributed by atoms with van der Waals surface area (Å²) in [7, 11) is -4.34. The number of sulfonamides is 1. The van der Waals surface area contributed by atoms with Crippen LogP contribution in [0.15, 0.2) is 83.8 Å². The minimum atomic E-state index is -4.34. The molecule has 240 valence electrons. The number of ether oxygens (including phenoxy) is 2.